The molecule has 0 bridgehead atoms. The van der Waals surface area contributed by atoms with Crippen molar-refractivity contribution in [3.8, 4) is 0 Å². The van der Waals surface area contributed by atoms with Crippen LogP contribution in [0.1, 0.15) is 50.8 Å². The summed E-state index contributed by atoms with van der Waals surface area (Å²) in [6, 6.07) is 10.0. The van der Waals surface area contributed by atoms with Gasteiger partial charge in [0.05, 0.1) is 0 Å². The molecule has 0 spiro atoms. The number of nitrogens with one attached hydrogen (secondary N) is 1. The zero-order chi connectivity index (χ0) is 15.2. The lowest BCUT2D eigenvalue weighted by molar-refractivity contribution is 0.208. The lowest BCUT2D eigenvalue weighted by Gasteiger charge is -2.33. The van der Waals surface area contributed by atoms with E-state index in [2.05, 4.69) is 68.3 Å². The first-order chi connectivity index (χ1) is 10.0. The second-order valence-corrected chi connectivity index (χ2v) is 6.66. The number of hydrogen-bond donors (Lipinski definition) is 1. The van der Waals surface area contributed by atoms with Crippen molar-refractivity contribution in [2.45, 2.75) is 52.6 Å². The molecule has 0 radical (unpaired) electrons. The number of aryl methyl sites for hydroxylation is 1. The third kappa shape index (κ3) is 5.29. The van der Waals surface area contributed by atoms with Gasteiger partial charge in [0.15, 0.2) is 0 Å². The van der Waals surface area contributed by atoms with Crippen molar-refractivity contribution in [2.75, 3.05) is 19.6 Å². The van der Waals surface area contributed by atoms with E-state index < -0.39 is 0 Å². The molecule has 0 aliphatic carbocycles. The zero-order valence-corrected chi connectivity index (χ0v) is 14.0. The van der Waals surface area contributed by atoms with Gasteiger partial charge in [0.1, 0.15) is 0 Å². The predicted molar refractivity (Wildman–Crippen MR) is 91.6 cm³/mol. The molecule has 0 unspecified atom stereocenters. The van der Waals surface area contributed by atoms with Crippen molar-refractivity contribution in [3.63, 3.8) is 0 Å². The van der Waals surface area contributed by atoms with Crippen LogP contribution < -0.4 is 5.32 Å². The van der Waals surface area contributed by atoms with E-state index in [4.69, 9.17) is 0 Å². The van der Waals surface area contributed by atoms with Crippen LogP contribution >= 0.6 is 0 Å². The van der Waals surface area contributed by atoms with Gasteiger partial charge < -0.3 is 5.32 Å². The van der Waals surface area contributed by atoms with Gasteiger partial charge in [0.25, 0.3) is 0 Å². The summed E-state index contributed by atoms with van der Waals surface area (Å²) in [5.74, 6) is 0. The molecule has 2 nitrogen and oxygen atoms in total. The average Bonchev–Trinajstić information content (AvgIpc) is 2.47. The number of hydrogen-bond acceptors (Lipinski definition) is 2. The van der Waals surface area contributed by atoms with Crippen molar-refractivity contribution < 1.29 is 0 Å². The smallest absolute Gasteiger partial charge is 0.0294 e. The molecule has 0 aromatic heterocycles. The molecule has 1 atom stereocenters. The van der Waals surface area contributed by atoms with Crippen molar-refractivity contribution in [1.29, 1.82) is 0 Å². The Kier molecular flexibility index (Phi) is 6.01. The molecule has 1 N–H and O–H groups in total. The standard InChI is InChI=1S/C19H30N2/c1-15(2)9-12-21-13-10-19(11-14-21)20-17(4)18-7-5-16(3)6-8-18/h5-9,17,19-20H,10-14H2,1-4H3/t17-/m0/s1. The van der Waals surface area contributed by atoms with Gasteiger partial charge in [-0.15, -0.1) is 0 Å². The number of rotatable bonds is 5. The van der Waals surface area contributed by atoms with Gasteiger partial charge in [0, 0.05) is 18.6 Å². The molecule has 1 aliphatic heterocycles. The molecule has 21 heavy (non-hydrogen) atoms. The molecule has 0 amide bonds. The van der Waals surface area contributed by atoms with E-state index in [1.54, 1.807) is 0 Å². The molecule has 116 valence electrons. The Morgan fingerprint density at radius 2 is 1.86 bits per heavy atom. The van der Waals surface area contributed by atoms with Gasteiger partial charge in [-0.2, -0.15) is 0 Å². The van der Waals surface area contributed by atoms with E-state index in [9.17, 15) is 0 Å². The summed E-state index contributed by atoms with van der Waals surface area (Å²) in [6.07, 6.45) is 4.85. The SMILES string of the molecule is CC(C)=CCN1CCC(N[C@@H](C)c2ccc(C)cc2)CC1. The first-order valence-corrected chi connectivity index (χ1v) is 8.23. The third-order valence-corrected chi connectivity index (χ3v) is 4.41. The summed E-state index contributed by atoms with van der Waals surface area (Å²) in [5, 5.41) is 3.80. The Balaban J connectivity index is 1.78. The van der Waals surface area contributed by atoms with Gasteiger partial charge in [0.2, 0.25) is 0 Å². The number of piperidine rings is 1. The van der Waals surface area contributed by atoms with Crippen LogP contribution in [0.5, 0.6) is 0 Å². The maximum absolute atomic E-state index is 3.80. The van der Waals surface area contributed by atoms with Gasteiger partial charge in [-0.25, -0.2) is 0 Å². The first-order valence-electron chi connectivity index (χ1n) is 8.23. The summed E-state index contributed by atoms with van der Waals surface area (Å²) in [7, 11) is 0. The topological polar surface area (TPSA) is 15.3 Å². The second-order valence-electron chi connectivity index (χ2n) is 6.66. The molecule has 1 aliphatic rings. The van der Waals surface area contributed by atoms with Crippen molar-refractivity contribution in [2.24, 2.45) is 0 Å². The van der Waals surface area contributed by atoms with Crippen LogP contribution in [-0.2, 0) is 0 Å². The summed E-state index contributed by atoms with van der Waals surface area (Å²) in [4.78, 5) is 2.56. The zero-order valence-electron chi connectivity index (χ0n) is 14.0. The van der Waals surface area contributed by atoms with E-state index in [0.717, 1.165) is 6.54 Å². The highest BCUT2D eigenvalue weighted by Crippen LogP contribution is 2.18. The fraction of sp³-hybridized carbons (Fsp3) is 0.579. The van der Waals surface area contributed by atoms with Crippen LogP contribution in [0.3, 0.4) is 0 Å². The highest BCUT2D eigenvalue weighted by Gasteiger charge is 2.20. The molecular weight excluding hydrogens is 256 g/mol. The summed E-state index contributed by atoms with van der Waals surface area (Å²) >= 11 is 0. The predicted octanol–water partition coefficient (Wildman–Crippen LogP) is 4.08. The number of benzene rings is 1. The third-order valence-electron chi connectivity index (χ3n) is 4.41. The Labute approximate surface area is 130 Å². The molecule has 1 fully saturated rings. The van der Waals surface area contributed by atoms with E-state index in [0.29, 0.717) is 12.1 Å². The maximum Gasteiger partial charge on any atom is 0.0294 e. The Bertz CT molecular complexity index is 449. The lowest BCUT2D eigenvalue weighted by Crippen LogP contribution is -2.43. The number of nitrogens with zero attached hydrogens (tertiary/aromatic N) is 1. The second kappa shape index (κ2) is 7.77. The molecular formula is C19H30N2. The van der Waals surface area contributed by atoms with Crippen LogP contribution in [0.4, 0.5) is 0 Å². The van der Waals surface area contributed by atoms with Crippen LogP contribution in [0, 0.1) is 6.92 Å². The van der Waals surface area contributed by atoms with Gasteiger partial charge in [-0.1, -0.05) is 41.5 Å². The van der Waals surface area contributed by atoms with Crippen molar-refractivity contribution in [1.82, 2.24) is 10.2 Å². The minimum atomic E-state index is 0.444. The fourth-order valence-corrected chi connectivity index (χ4v) is 2.90. The fourth-order valence-electron chi connectivity index (χ4n) is 2.90. The number of likely N-dealkylation sites (tertiary alicyclic amines) is 1. The maximum atomic E-state index is 3.80. The van der Waals surface area contributed by atoms with E-state index in [1.807, 2.05) is 0 Å². The highest BCUT2D eigenvalue weighted by molar-refractivity contribution is 5.23. The normalized spacial score (nSPS) is 18.5. The first kappa shape index (κ1) is 16.3. The molecule has 1 saturated heterocycles. The molecule has 2 heteroatoms. The number of allylic oxidation sites excluding steroid dienone is 1. The highest BCUT2D eigenvalue weighted by atomic mass is 15.1. The minimum Gasteiger partial charge on any atom is -0.307 e. The molecule has 0 saturated carbocycles. The quantitative estimate of drug-likeness (QED) is 0.821. The molecule has 1 aromatic carbocycles. The minimum absolute atomic E-state index is 0.444. The molecule has 1 heterocycles. The Morgan fingerprint density at radius 1 is 1.24 bits per heavy atom. The molecule has 1 aromatic rings. The summed E-state index contributed by atoms with van der Waals surface area (Å²) < 4.78 is 0. The van der Waals surface area contributed by atoms with Crippen LogP contribution in [0.15, 0.2) is 35.9 Å². The van der Waals surface area contributed by atoms with Gasteiger partial charge in [-0.05, 0) is 59.2 Å². The van der Waals surface area contributed by atoms with Gasteiger partial charge >= 0.3 is 0 Å². The van der Waals surface area contributed by atoms with Crippen molar-refractivity contribution >= 4 is 0 Å². The van der Waals surface area contributed by atoms with E-state index >= 15 is 0 Å². The van der Waals surface area contributed by atoms with Crippen LogP contribution in [0.25, 0.3) is 0 Å². The Morgan fingerprint density at radius 3 is 2.43 bits per heavy atom. The van der Waals surface area contributed by atoms with E-state index in [1.165, 1.54) is 42.6 Å². The summed E-state index contributed by atoms with van der Waals surface area (Å²) in [6.45, 7) is 12.3. The monoisotopic (exact) mass is 286 g/mol. The van der Waals surface area contributed by atoms with E-state index in [-0.39, 0.29) is 0 Å². The van der Waals surface area contributed by atoms with Crippen molar-refractivity contribution in [3.05, 3.63) is 47.0 Å². The Hall–Kier alpha value is -1.12. The van der Waals surface area contributed by atoms with Crippen LogP contribution in [-0.4, -0.2) is 30.6 Å². The lowest BCUT2D eigenvalue weighted by atomic mass is 10.0. The van der Waals surface area contributed by atoms with Crippen LogP contribution in [0.2, 0.25) is 0 Å². The molecule has 2 rings (SSSR count). The largest absolute Gasteiger partial charge is 0.307 e. The summed E-state index contributed by atoms with van der Waals surface area (Å²) in [5.41, 5.74) is 4.15. The van der Waals surface area contributed by atoms with Gasteiger partial charge in [-0.3, -0.25) is 4.90 Å². The average molecular weight is 286 g/mol.